The maximum absolute atomic E-state index is 11.8. The summed E-state index contributed by atoms with van der Waals surface area (Å²) >= 11 is 0. The van der Waals surface area contributed by atoms with Crippen LogP contribution >= 0.6 is 0 Å². The summed E-state index contributed by atoms with van der Waals surface area (Å²) < 4.78 is 0. The quantitative estimate of drug-likeness (QED) is 0.610. The van der Waals surface area contributed by atoms with Gasteiger partial charge >= 0.3 is 5.97 Å². The summed E-state index contributed by atoms with van der Waals surface area (Å²) in [4.78, 5) is 22.2. The van der Waals surface area contributed by atoms with E-state index in [9.17, 15) is 9.59 Å². The number of aliphatic carboxylic acids is 1. The summed E-state index contributed by atoms with van der Waals surface area (Å²) in [6, 6.07) is 5.44. The summed E-state index contributed by atoms with van der Waals surface area (Å²) in [6.45, 7) is 1.00. The van der Waals surface area contributed by atoms with Crippen molar-refractivity contribution in [2.45, 2.75) is 18.9 Å². The van der Waals surface area contributed by atoms with Crippen molar-refractivity contribution in [1.82, 2.24) is 5.32 Å². The number of carbonyl (C=O) groups is 2. The number of fused-ring (bicyclic) bond motifs is 1. The molecule has 0 saturated carbocycles. The molecule has 1 aromatic rings. The minimum absolute atomic E-state index is 0.00966. The molecule has 0 aliphatic carbocycles. The van der Waals surface area contributed by atoms with Crippen LogP contribution in [0.15, 0.2) is 18.2 Å². The van der Waals surface area contributed by atoms with Crippen LogP contribution in [0.25, 0.3) is 0 Å². The lowest BCUT2D eigenvalue weighted by molar-refractivity contribution is -0.146. The van der Waals surface area contributed by atoms with Crippen LogP contribution in [-0.2, 0) is 11.2 Å². The Morgan fingerprint density at radius 2 is 2.21 bits per heavy atom. The molecule has 6 nitrogen and oxygen atoms in total. The largest absolute Gasteiger partial charge is 0.479 e. The van der Waals surface area contributed by atoms with E-state index in [1.165, 1.54) is 5.56 Å². The van der Waals surface area contributed by atoms with Crippen molar-refractivity contribution in [2.24, 2.45) is 0 Å². The third kappa shape index (κ3) is 3.23. The third-order valence-electron chi connectivity index (χ3n) is 3.07. The molecule has 1 aliphatic heterocycles. The molecule has 6 heteroatoms. The molecule has 102 valence electrons. The maximum atomic E-state index is 11.8. The minimum atomic E-state index is -1.44. The van der Waals surface area contributed by atoms with Crippen LogP contribution in [0.4, 0.5) is 5.69 Å². The smallest absolute Gasteiger partial charge is 0.332 e. The van der Waals surface area contributed by atoms with Crippen LogP contribution in [0.2, 0.25) is 0 Å². The molecule has 1 aromatic carbocycles. The van der Waals surface area contributed by atoms with Crippen LogP contribution < -0.4 is 10.6 Å². The summed E-state index contributed by atoms with van der Waals surface area (Å²) in [5, 5.41) is 23.3. The molecule has 19 heavy (non-hydrogen) atoms. The number of aliphatic hydroxyl groups excluding tert-OH is 1. The van der Waals surface area contributed by atoms with E-state index < -0.39 is 12.1 Å². The second kappa shape index (κ2) is 5.71. The van der Waals surface area contributed by atoms with Crippen molar-refractivity contribution in [3.63, 3.8) is 0 Å². The standard InChI is InChI=1S/C13H16N2O4/c16-11(13(18)19)4-6-15-12(17)9-2-1-8-3-5-14-10(8)7-9/h1-2,7,11,14,16H,3-6H2,(H,15,17)(H,18,19)/t11-/m0/s1. The first-order chi connectivity index (χ1) is 9.08. The second-order valence-electron chi connectivity index (χ2n) is 4.45. The molecular formula is C13H16N2O4. The van der Waals surface area contributed by atoms with E-state index in [0.29, 0.717) is 5.56 Å². The zero-order chi connectivity index (χ0) is 13.8. The first kappa shape index (κ1) is 13.4. The van der Waals surface area contributed by atoms with Gasteiger partial charge in [0.15, 0.2) is 6.10 Å². The third-order valence-corrected chi connectivity index (χ3v) is 3.07. The van der Waals surface area contributed by atoms with Gasteiger partial charge in [-0.15, -0.1) is 0 Å². The highest BCUT2D eigenvalue weighted by molar-refractivity contribution is 5.95. The second-order valence-corrected chi connectivity index (χ2v) is 4.45. The Kier molecular flexibility index (Phi) is 4.01. The number of hydrogen-bond donors (Lipinski definition) is 4. The molecule has 0 saturated heterocycles. The van der Waals surface area contributed by atoms with Crippen LogP contribution in [-0.4, -0.2) is 41.3 Å². The molecule has 1 aliphatic rings. The number of carboxylic acids is 1. The van der Waals surface area contributed by atoms with Crippen LogP contribution in [0.1, 0.15) is 22.3 Å². The number of hydrogen-bond acceptors (Lipinski definition) is 4. The Bertz CT molecular complexity index is 501. The van der Waals surface area contributed by atoms with E-state index in [1.54, 1.807) is 12.1 Å². The number of carbonyl (C=O) groups excluding carboxylic acids is 1. The summed E-state index contributed by atoms with van der Waals surface area (Å²) in [7, 11) is 0. The van der Waals surface area contributed by atoms with E-state index in [4.69, 9.17) is 10.2 Å². The highest BCUT2D eigenvalue weighted by Crippen LogP contribution is 2.23. The molecule has 4 N–H and O–H groups in total. The fourth-order valence-corrected chi connectivity index (χ4v) is 1.98. The van der Waals surface area contributed by atoms with Gasteiger partial charge in [-0.1, -0.05) is 6.07 Å². The number of aliphatic hydroxyl groups is 1. The molecular weight excluding hydrogens is 248 g/mol. The van der Waals surface area contributed by atoms with Gasteiger partial charge in [-0.2, -0.15) is 0 Å². The SMILES string of the molecule is O=C(NCC[C@H](O)C(=O)O)c1ccc2c(c1)NCC2. The van der Waals surface area contributed by atoms with Crippen molar-refractivity contribution < 1.29 is 19.8 Å². The van der Waals surface area contributed by atoms with Gasteiger partial charge in [0, 0.05) is 30.8 Å². The highest BCUT2D eigenvalue weighted by atomic mass is 16.4. The van der Waals surface area contributed by atoms with Crippen molar-refractivity contribution in [2.75, 3.05) is 18.4 Å². The number of benzene rings is 1. The van der Waals surface area contributed by atoms with Gasteiger partial charge in [-0.25, -0.2) is 4.79 Å². The monoisotopic (exact) mass is 264 g/mol. The summed E-state index contributed by atoms with van der Waals surface area (Å²) in [6.07, 6.45) is -0.492. The van der Waals surface area contributed by atoms with E-state index in [-0.39, 0.29) is 18.9 Å². The highest BCUT2D eigenvalue weighted by Gasteiger charge is 2.15. The van der Waals surface area contributed by atoms with Gasteiger partial charge in [0.1, 0.15) is 0 Å². The lowest BCUT2D eigenvalue weighted by Gasteiger charge is -2.08. The Morgan fingerprint density at radius 3 is 2.95 bits per heavy atom. The summed E-state index contributed by atoms with van der Waals surface area (Å²) in [5.74, 6) is -1.55. The fraction of sp³-hybridized carbons (Fsp3) is 0.385. The number of amides is 1. The van der Waals surface area contributed by atoms with Crippen molar-refractivity contribution >= 4 is 17.6 Å². The van der Waals surface area contributed by atoms with E-state index in [2.05, 4.69) is 10.6 Å². The maximum Gasteiger partial charge on any atom is 0.332 e. The molecule has 1 heterocycles. The van der Waals surface area contributed by atoms with Crippen LogP contribution in [0.3, 0.4) is 0 Å². The Labute approximate surface area is 110 Å². The summed E-state index contributed by atoms with van der Waals surface area (Å²) in [5.41, 5.74) is 2.69. The number of rotatable bonds is 5. The van der Waals surface area contributed by atoms with E-state index in [0.717, 1.165) is 18.7 Å². The molecule has 0 aromatic heterocycles. The van der Waals surface area contributed by atoms with E-state index in [1.807, 2.05) is 6.07 Å². The fourth-order valence-electron chi connectivity index (χ4n) is 1.98. The number of anilines is 1. The van der Waals surface area contributed by atoms with Crippen molar-refractivity contribution in [1.29, 1.82) is 0 Å². The van der Waals surface area contributed by atoms with Crippen molar-refractivity contribution in [3.05, 3.63) is 29.3 Å². The normalized spacial score (nSPS) is 14.4. The van der Waals surface area contributed by atoms with Gasteiger partial charge in [-0.05, 0) is 24.1 Å². The topological polar surface area (TPSA) is 98.7 Å². The first-order valence-electron chi connectivity index (χ1n) is 6.14. The molecule has 2 rings (SSSR count). The van der Waals surface area contributed by atoms with E-state index >= 15 is 0 Å². The minimum Gasteiger partial charge on any atom is -0.479 e. The molecule has 1 atom stereocenters. The number of nitrogens with one attached hydrogen (secondary N) is 2. The van der Waals surface area contributed by atoms with Crippen LogP contribution in [0.5, 0.6) is 0 Å². The molecule has 0 bridgehead atoms. The van der Waals surface area contributed by atoms with Gasteiger partial charge < -0.3 is 20.8 Å². The average molecular weight is 264 g/mol. The van der Waals surface area contributed by atoms with Crippen molar-refractivity contribution in [3.8, 4) is 0 Å². The van der Waals surface area contributed by atoms with Crippen LogP contribution in [0, 0.1) is 0 Å². The van der Waals surface area contributed by atoms with Gasteiger partial charge in [0.25, 0.3) is 5.91 Å². The zero-order valence-electron chi connectivity index (χ0n) is 10.3. The van der Waals surface area contributed by atoms with Gasteiger partial charge in [0.2, 0.25) is 0 Å². The Hall–Kier alpha value is -2.08. The van der Waals surface area contributed by atoms with Gasteiger partial charge in [-0.3, -0.25) is 4.79 Å². The predicted molar refractivity (Wildman–Crippen MR) is 69.2 cm³/mol. The molecule has 0 spiro atoms. The molecule has 0 radical (unpaired) electrons. The molecule has 1 amide bonds. The lowest BCUT2D eigenvalue weighted by atomic mass is 10.1. The average Bonchev–Trinajstić information content (AvgIpc) is 2.85. The Balaban J connectivity index is 1.88. The molecule has 0 fully saturated rings. The molecule has 0 unspecified atom stereocenters. The Morgan fingerprint density at radius 1 is 1.42 bits per heavy atom. The number of carboxylic acid groups (broad SMARTS) is 1. The van der Waals surface area contributed by atoms with Gasteiger partial charge in [0.05, 0.1) is 0 Å². The zero-order valence-corrected chi connectivity index (χ0v) is 10.3. The first-order valence-corrected chi connectivity index (χ1v) is 6.14. The predicted octanol–water partition coefficient (Wildman–Crippen LogP) is 0.220. The lowest BCUT2D eigenvalue weighted by Crippen LogP contribution is -2.30.